The van der Waals surface area contributed by atoms with Gasteiger partial charge in [-0.25, -0.2) is 13.1 Å². The lowest BCUT2D eigenvalue weighted by Crippen LogP contribution is -2.50. The summed E-state index contributed by atoms with van der Waals surface area (Å²) in [5, 5.41) is 3.65. The second-order valence-electron chi connectivity index (χ2n) is 6.20. The summed E-state index contributed by atoms with van der Waals surface area (Å²) in [6, 6.07) is 2.66. The molecule has 2 atom stereocenters. The lowest BCUT2D eigenvalue weighted by Gasteiger charge is -2.38. The SMILES string of the molecule is Cn1nc(C(=O)N2C3CCC2CC(S(C)(=O)=O)C3)ccc1=O. The number of carbonyl (C=O) groups is 1. The molecule has 0 N–H and O–H groups in total. The molecule has 2 fully saturated rings. The summed E-state index contributed by atoms with van der Waals surface area (Å²) in [6.45, 7) is 0. The molecule has 1 amide bonds. The van der Waals surface area contributed by atoms with Crippen molar-refractivity contribution in [3.63, 3.8) is 0 Å². The van der Waals surface area contributed by atoms with Gasteiger partial charge in [0.2, 0.25) is 0 Å². The van der Waals surface area contributed by atoms with Crippen LogP contribution in [0.15, 0.2) is 16.9 Å². The van der Waals surface area contributed by atoms with Crippen LogP contribution >= 0.6 is 0 Å². The number of rotatable bonds is 2. The summed E-state index contributed by atoms with van der Waals surface area (Å²) in [6.07, 6.45) is 3.91. The second kappa shape index (κ2) is 5.19. The molecule has 0 aromatic carbocycles. The average molecular weight is 325 g/mol. The van der Waals surface area contributed by atoms with Gasteiger partial charge in [-0.1, -0.05) is 0 Å². The largest absolute Gasteiger partial charge is 0.331 e. The third-order valence-electron chi connectivity index (χ3n) is 4.71. The van der Waals surface area contributed by atoms with Crippen LogP contribution in [0.1, 0.15) is 36.2 Å². The first kappa shape index (κ1) is 15.2. The molecule has 1 aromatic heterocycles. The smallest absolute Gasteiger partial charge is 0.274 e. The number of nitrogens with zero attached hydrogens (tertiary/aromatic N) is 3. The van der Waals surface area contributed by atoms with Gasteiger partial charge in [0.1, 0.15) is 15.5 Å². The minimum atomic E-state index is -3.08. The number of carbonyl (C=O) groups excluding carboxylic acids is 1. The minimum Gasteiger partial charge on any atom is -0.331 e. The number of piperidine rings is 1. The molecule has 22 heavy (non-hydrogen) atoms. The van der Waals surface area contributed by atoms with Gasteiger partial charge in [-0.3, -0.25) is 9.59 Å². The third-order valence-corrected chi connectivity index (χ3v) is 6.31. The molecular formula is C14H19N3O4S. The van der Waals surface area contributed by atoms with Crippen LogP contribution in [-0.4, -0.2) is 52.6 Å². The fourth-order valence-corrected chi connectivity index (χ4v) is 4.70. The summed E-state index contributed by atoms with van der Waals surface area (Å²) in [5.41, 5.74) is -0.0351. The van der Waals surface area contributed by atoms with E-state index in [0.717, 1.165) is 17.5 Å². The lowest BCUT2D eigenvalue weighted by molar-refractivity contribution is 0.0589. The molecule has 0 saturated carbocycles. The van der Waals surface area contributed by atoms with Crippen molar-refractivity contribution in [1.29, 1.82) is 0 Å². The van der Waals surface area contributed by atoms with Crippen molar-refractivity contribution in [3.05, 3.63) is 28.2 Å². The molecule has 2 aliphatic rings. The number of fused-ring (bicyclic) bond motifs is 2. The monoisotopic (exact) mass is 325 g/mol. The van der Waals surface area contributed by atoms with Crippen LogP contribution in [0.3, 0.4) is 0 Å². The van der Waals surface area contributed by atoms with E-state index in [9.17, 15) is 18.0 Å². The van der Waals surface area contributed by atoms with E-state index in [-0.39, 0.29) is 34.5 Å². The van der Waals surface area contributed by atoms with Crippen LogP contribution < -0.4 is 5.56 Å². The summed E-state index contributed by atoms with van der Waals surface area (Å²) >= 11 is 0. The zero-order chi connectivity index (χ0) is 16.1. The summed E-state index contributed by atoms with van der Waals surface area (Å²) in [4.78, 5) is 25.8. The van der Waals surface area contributed by atoms with Gasteiger partial charge in [0, 0.05) is 31.5 Å². The highest BCUT2D eigenvalue weighted by molar-refractivity contribution is 7.91. The second-order valence-corrected chi connectivity index (χ2v) is 8.53. The van der Waals surface area contributed by atoms with Crippen molar-refractivity contribution in [3.8, 4) is 0 Å². The molecule has 2 bridgehead atoms. The van der Waals surface area contributed by atoms with Gasteiger partial charge in [-0.15, -0.1) is 0 Å². The molecule has 0 spiro atoms. The first-order chi connectivity index (χ1) is 10.3. The Kier molecular flexibility index (Phi) is 3.58. The van der Waals surface area contributed by atoms with E-state index >= 15 is 0 Å². The highest BCUT2D eigenvalue weighted by atomic mass is 32.2. The molecule has 3 heterocycles. The highest BCUT2D eigenvalue weighted by Gasteiger charge is 2.46. The van der Waals surface area contributed by atoms with Gasteiger partial charge in [0.15, 0.2) is 0 Å². The first-order valence-corrected chi connectivity index (χ1v) is 9.28. The van der Waals surface area contributed by atoms with E-state index in [1.807, 2.05) is 0 Å². The Hall–Kier alpha value is -1.70. The van der Waals surface area contributed by atoms with Crippen molar-refractivity contribution < 1.29 is 13.2 Å². The Balaban J connectivity index is 1.86. The summed E-state index contributed by atoms with van der Waals surface area (Å²) in [7, 11) is -1.57. The first-order valence-electron chi connectivity index (χ1n) is 7.33. The zero-order valence-electron chi connectivity index (χ0n) is 12.6. The number of amides is 1. The predicted molar refractivity (Wildman–Crippen MR) is 80.3 cm³/mol. The number of aromatic nitrogens is 2. The molecular weight excluding hydrogens is 306 g/mol. The zero-order valence-corrected chi connectivity index (χ0v) is 13.4. The van der Waals surface area contributed by atoms with Crippen molar-refractivity contribution in [2.45, 2.75) is 43.0 Å². The molecule has 7 nitrogen and oxygen atoms in total. The third kappa shape index (κ3) is 2.55. The standard InChI is InChI=1S/C14H19N3O4S/c1-16-13(18)6-5-12(15-16)14(19)17-9-3-4-10(17)8-11(7-9)22(2,20)21/h5-6,9-11H,3-4,7-8H2,1-2H3. The Morgan fingerprint density at radius 2 is 1.82 bits per heavy atom. The normalized spacial score (nSPS) is 27.9. The van der Waals surface area contributed by atoms with Crippen molar-refractivity contribution >= 4 is 15.7 Å². The Morgan fingerprint density at radius 3 is 2.32 bits per heavy atom. The van der Waals surface area contributed by atoms with E-state index in [0.29, 0.717) is 12.8 Å². The summed E-state index contributed by atoms with van der Waals surface area (Å²) < 4.78 is 24.7. The molecule has 2 aliphatic heterocycles. The van der Waals surface area contributed by atoms with Gasteiger partial charge in [-0.2, -0.15) is 5.10 Å². The van der Waals surface area contributed by atoms with Gasteiger partial charge in [0.05, 0.1) is 5.25 Å². The van der Waals surface area contributed by atoms with Crippen LogP contribution in [0.4, 0.5) is 0 Å². The predicted octanol–water partition coefficient (Wildman–Crippen LogP) is -0.0395. The van der Waals surface area contributed by atoms with E-state index in [2.05, 4.69) is 5.10 Å². The maximum Gasteiger partial charge on any atom is 0.274 e. The van der Waals surface area contributed by atoms with Gasteiger partial charge in [-0.05, 0) is 31.7 Å². The van der Waals surface area contributed by atoms with Crippen LogP contribution in [0.5, 0.6) is 0 Å². The fourth-order valence-electron chi connectivity index (χ4n) is 3.56. The maximum atomic E-state index is 12.7. The van der Waals surface area contributed by atoms with Gasteiger partial charge in [0.25, 0.3) is 11.5 Å². The molecule has 1 aromatic rings. The topological polar surface area (TPSA) is 89.3 Å². The molecule has 2 saturated heterocycles. The van der Waals surface area contributed by atoms with E-state index in [1.165, 1.54) is 25.4 Å². The Morgan fingerprint density at radius 1 is 1.23 bits per heavy atom. The number of aryl methyl sites for hydroxylation is 1. The van der Waals surface area contributed by atoms with Crippen molar-refractivity contribution in [2.75, 3.05) is 6.26 Å². The fraction of sp³-hybridized carbons (Fsp3) is 0.643. The van der Waals surface area contributed by atoms with Crippen LogP contribution in [0.2, 0.25) is 0 Å². The van der Waals surface area contributed by atoms with Crippen molar-refractivity contribution in [2.24, 2.45) is 7.05 Å². The highest BCUT2D eigenvalue weighted by Crippen LogP contribution is 2.38. The van der Waals surface area contributed by atoms with Crippen LogP contribution in [-0.2, 0) is 16.9 Å². The number of hydrogen-bond donors (Lipinski definition) is 0. The average Bonchev–Trinajstić information content (AvgIpc) is 2.69. The number of sulfone groups is 1. The van der Waals surface area contributed by atoms with Crippen LogP contribution in [0, 0.1) is 0 Å². The maximum absolute atomic E-state index is 12.7. The van der Waals surface area contributed by atoms with Gasteiger partial charge < -0.3 is 4.90 Å². The molecule has 120 valence electrons. The Labute approximate surface area is 128 Å². The minimum absolute atomic E-state index is 0.0509. The molecule has 0 aliphatic carbocycles. The van der Waals surface area contributed by atoms with Crippen LogP contribution in [0.25, 0.3) is 0 Å². The van der Waals surface area contributed by atoms with E-state index < -0.39 is 9.84 Å². The van der Waals surface area contributed by atoms with E-state index in [4.69, 9.17) is 0 Å². The van der Waals surface area contributed by atoms with E-state index in [1.54, 1.807) is 4.90 Å². The quantitative estimate of drug-likeness (QED) is 0.761. The molecule has 2 unspecified atom stereocenters. The molecule has 0 radical (unpaired) electrons. The van der Waals surface area contributed by atoms with Gasteiger partial charge >= 0.3 is 0 Å². The Bertz CT molecular complexity index is 757. The summed E-state index contributed by atoms with van der Waals surface area (Å²) in [5.74, 6) is -0.213. The lowest BCUT2D eigenvalue weighted by atomic mass is 10.0. The van der Waals surface area contributed by atoms with Crippen molar-refractivity contribution in [1.82, 2.24) is 14.7 Å². The molecule has 3 rings (SSSR count). The number of hydrogen-bond acceptors (Lipinski definition) is 5. The molecule has 8 heteroatoms.